The van der Waals surface area contributed by atoms with Crippen molar-refractivity contribution < 1.29 is 23.9 Å². The summed E-state index contributed by atoms with van der Waals surface area (Å²) in [6.07, 6.45) is 1.51. The average Bonchev–Trinajstić information content (AvgIpc) is 2.68. The average molecular weight is 476 g/mol. The third kappa shape index (κ3) is 7.11. The van der Waals surface area contributed by atoms with E-state index in [4.69, 9.17) is 0 Å². The van der Waals surface area contributed by atoms with Gasteiger partial charge in [0.15, 0.2) is 0 Å². The molecule has 0 unspecified atom stereocenters. The van der Waals surface area contributed by atoms with Gasteiger partial charge in [-0.2, -0.15) is 0 Å². The van der Waals surface area contributed by atoms with Crippen molar-refractivity contribution in [3.05, 3.63) is 75.6 Å². The summed E-state index contributed by atoms with van der Waals surface area (Å²) in [6.45, 7) is 3.62. The zero-order chi connectivity index (χ0) is 22.3. The van der Waals surface area contributed by atoms with E-state index in [1.54, 1.807) is 24.3 Å². The van der Waals surface area contributed by atoms with Gasteiger partial charge >= 0.3 is 0 Å². The number of halogens is 2. The fraction of sp³-hybridized carbons (Fsp3) is 0.227. The standard InChI is InChI=1S/C22H22BrFN2O4/c1-13(2)11-19(22(29)30)26-21(28)18(12-14-3-9-17(24)10-4-14)25-20(27)15-5-7-16(23)8-6-15/h3-10,12-13,19H,11H2,1-2H3,(H,25,27)(H,26,28)(H,29,30)/p-1/b18-12-/t19-/m0/s1. The summed E-state index contributed by atoms with van der Waals surface area (Å²) in [4.78, 5) is 36.7. The molecule has 0 radical (unpaired) electrons. The van der Waals surface area contributed by atoms with Crippen molar-refractivity contribution in [2.75, 3.05) is 0 Å². The number of nitrogens with one attached hydrogen (secondary N) is 2. The Bertz CT molecular complexity index is 941. The van der Waals surface area contributed by atoms with Crippen LogP contribution in [-0.2, 0) is 9.59 Å². The molecule has 0 bridgehead atoms. The minimum atomic E-state index is -1.42. The lowest BCUT2D eigenvalue weighted by molar-refractivity contribution is -0.308. The Kier molecular flexibility index (Phi) is 8.29. The van der Waals surface area contributed by atoms with Gasteiger partial charge in [0, 0.05) is 10.0 Å². The Morgan fingerprint density at radius 1 is 1.07 bits per heavy atom. The molecule has 0 aliphatic heterocycles. The summed E-state index contributed by atoms with van der Waals surface area (Å²) < 4.78 is 14.0. The SMILES string of the molecule is CC(C)C[C@H](NC(=O)/C(=C/c1ccc(F)cc1)NC(=O)c1ccc(Br)cc1)C(=O)[O-]. The van der Waals surface area contributed by atoms with Crippen molar-refractivity contribution in [3.8, 4) is 0 Å². The van der Waals surface area contributed by atoms with Gasteiger partial charge in [-0.25, -0.2) is 4.39 Å². The lowest BCUT2D eigenvalue weighted by Crippen LogP contribution is -2.50. The second-order valence-corrected chi connectivity index (χ2v) is 7.96. The van der Waals surface area contributed by atoms with E-state index in [-0.39, 0.29) is 18.0 Å². The van der Waals surface area contributed by atoms with Crippen LogP contribution in [0.1, 0.15) is 36.2 Å². The quantitative estimate of drug-likeness (QED) is 0.573. The lowest BCUT2D eigenvalue weighted by atomic mass is 10.0. The maximum atomic E-state index is 13.2. The topological polar surface area (TPSA) is 98.3 Å². The van der Waals surface area contributed by atoms with Crippen molar-refractivity contribution in [1.29, 1.82) is 0 Å². The third-order valence-corrected chi connectivity index (χ3v) is 4.61. The fourth-order valence-electron chi connectivity index (χ4n) is 2.60. The van der Waals surface area contributed by atoms with E-state index in [0.29, 0.717) is 11.1 Å². The lowest BCUT2D eigenvalue weighted by Gasteiger charge is -2.22. The zero-order valence-corrected chi connectivity index (χ0v) is 18.0. The Hall–Kier alpha value is -3.00. The summed E-state index contributed by atoms with van der Waals surface area (Å²) in [6, 6.07) is 10.5. The number of hydrogen-bond acceptors (Lipinski definition) is 4. The van der Waals surface area contributed by atoms with Crippen LogP contribution >= 0.6 is 15.9 Å². The predicted octanol–water partition coefficient (Wildman–Crippen LogP) is 2.64. The second kappa shape index (κ2) is 10.7. The van der Waals surface area contributed by atoms with Gasteiger partial charge in [0.1, 0.15) is 11.5 Å². The van der Waals surface area contributed by atoms with Crippen molar-refractivity contribution in [3.63, 3.8) is 0 Å². The first kappa shape index (κ1) is 23.3. The molecule has 2 aromatic carbocycles. The zero-order valence-electron chi connectivity index (χ0n) is 16.4. The molecule has 0 aromatic heterocycles. The smallest absolute Gasteiger partial charge is 0.268 e. The number of carboxylic acid groups (broad SMARTS) is 1. The highest BCUT2D eigenvalue weighted by molar-refractivity contribution is 9.10. The summed E-state index contributed by atoms with van der Waals surface area (Å²) in [5.41, 5.74) is 0.575. The van der Waals surface area contributed by atoms with E-state index < -0.39 is 29.6 Å². The monoisotopic (exact) mass is 475 g/mol. The van der Waals surface area contributed by atoms with Crippen LogP contribution in [0.2, 0.25) is 0 Å². The van der Waals surface area contributed by atoms with E-state index in [0.717, 1.165) is 4.47 Å². The van der Waals surface area contributed by atoms with Gasteiger partial charge in [0.25, 0.3) is 11.8 Å². The van der Waals surface area contributed by atoms with Crippen molar-refractivity contribution in [2.45, 2.75) is 26.3 Å². The van der Waals surface area contributed by atoms with Gasteiger partial charge in [-0.15, -0.1) is 0 Å². The Balaban J connectivity index is 2.31. The minimum Gasteiger partial charge on any atom is -0.548 e. The van der Waals surface area contributed by atoms with Crippen LogP contribution < -0.4 is 15.7 Å². The van der Waals surface area contributed by atoms with Crippen LogP contribution in [0.4, 0.5) is 4.39 Å². The van der Waals surface area contributed by atoms with E-state index in [1.165, 1.54) is 30.3 Å². The number of carbonyl (C=O) groups excluding carboxylic acids is 3. The van der Waals surface area contributed by atoms with Gasteiger partial charge in [0.05, 0.1) is 12.0 Å². The van der Waals surface area contributed by atoms with E-state index in [9.17, 15) is 23.9 Å². The predicted molar refractivity (Wildman–Crippen MR) is 112 cm³/mol. The molecule has 30 heavy (non-hydrogen) atoms. The van der Waals surface area contributed by atoms with Crippen LogP contribution in [0.3, 0.4) is 0 Å². The number of benzene rings is 2. The van der Waals surface area contributed by atoms with Crippen LogP contribution in [0.5, 0.6) is 0 Å². The van der Waals surface area contributed by atoms with Gasteiger partial charge in [-0.05, 0) is 60.4 Å². The minimum absolute atomic E-state index is 0.00455. The summed E-state index contributed by atoms with van der Waals surface area (Å²) in [5.74, 6) is -3.22. The van der Waals surface area contributed by atoms with Gasteiger partial charge in [-0.1, -0.05) is 41.9 Å². The van der Waals surface area contributed by atoms with Crippen molar-refractivity contribution >= 4 is 39.8 Å². The normalized spacial score (nSPS) is 12.4. The first-order chi connectivity index (χ1) is 14.2. The molecule has 0 aliphatic rings. The molecule has 1 atom stereocenters. The van der Waals surface area contributed by atoms with Crippen molar-refractivity contribution in [1.82, 2.24) is 10.6 Å². The van der Waals surface area contributed by atoms with E-state index >= 15 is 0 Å². The highest BCUT2D eigenvalue weighted by Gasteiger charge is 2.20. The highest BCUT2D eigenvalue weighted by atomic mass is 79.9. The first-order valence-corrected chi connectivity index (χ1v) is 10.0. The maximum Gasteiger partial charge on any atom is 0.268 e. The second-order valence-electron chi connectivity index (χ2n) is 7.05. The molecule has 2 amide bonds. The van der Waals surface area contributed by atoms with Crippen molar-refractivity contribution in [2.24, 2.45) is 5.92 Å². The van der Waals surface area contributed by atoms with E-state index in [1.807, 2.05) is 13.8 Å². The van der Waals surface area contributed by atoms with Crippen LogP contribution in [-0.4, -0.2) is 23.8 Å². The van der Waals surface area contributed by atoms with Gasteiger partial charge < -0.3 is 20.5 Å². The highest BCUT2D eigenvalue weighted by Crippen LogP contribution is 2.13. The number of aliphatic carboxylic acids is 1. The molecule has 2 aromatic rings. The number of carboxylic acids is 1. The van der Waals surface area contributed by atoms with Crippen LogP contribution in [0, 0.1) is 11.7 Å². The molecule has 8 heteroatoms. The Labute approximate surface area is 182 Å². The number of carbonyl (C=O) groups is 3. The summed E-state index contributed by atoms with van der Waals surface area (Å²) >= 11 is 3.28. The number of rotatable bonds is 8. The molecular weight excluding hydrogens is 455 g/mol. The maximum absolute atomic E-state index is 13.2. The molecule has 2 rings (SSSR count). The summed E-state index contributed by atoms with van der Waals surface area (Å²) in [7, 11) is 0. The molecule has 2 N–H and O–H groups in total. The number of hydrogen-bond donors (Lipinski definition) is 2. The molecule has 158 valence electrons. The molecule has 0 saturated carbocycles. The molecule has 0 fully saturated rings. The molecule has 0 aliphatic carbocycles. The molecule has 0 heterocycles. The van der Waals surface area contributed by atoms with Gasteiger partial charge in [-0.3, -0.25) is 9.59 Å². The Morgan fingerprint density at radius 2 is 1.67 bits per heavy atom. The van der Waals surface area contributed by atoms with Crippen LogP contribution in [0.25, 0.3) is 6.08 Å². The molecule has 6 nitrogen and oxygen atoms in total. The Morgan fingerprint density at radius 3 is 2.20 bits per heavy atom. The molecule has 0 spiro atoms. The fourth-order valence-corrected chi connectivity index (χ4v) is 2.87. The van der Waals surface area contributed by atoms with Gasteiger partial charge in [0.2, 0.25) is 0 Å². The van der Waals surface area contributed by atoms with Crippen LogP contribution in [0.15, 0.2) is 58.7 Å². The number of amides is 2. The first-order valence-electron chi connectivity index (χ1n) is 9.21. The summed E-state index contributed by atoms with van der Waals surface area (Å²) in [5, 5.41) is 16.3. The van der Waals surface area contributed by atoms with E-state index in [2.05, 4.69) is 26.6 Å². The third-order valence-electron chi connectivity index (χ3n) is 4.08. The molecule has 0 saturated heterocycles. The molecular formula is C22H21BrFN2O4-. The largest absolute Gasteiger partial charge is 0.548 e.